The number of hydrogen-bond acceptors (Lipinski definition) is 4. The van der Waals surface area contributed by atoms with Crippen molar-refractivity contribution < 1.29 is 18.8 Å². The molecular formula is C23H22N4O4. The topological polar surface area (TPSA) is 104 Å². The number of nitrogens with zero attached hydrogens (tertiary/aromatic N) is 1. The Labute approximate surface area is 179 Å². The van der Waals surface area contributed by atoms with Gasteiger partial charge in [0.15, 0.2) is 0 Å². The molecule has 4 amide bonds. The van der Waals surface area contributed by atoms with Crippen molar-refractivity contribution in [3.05, 3.63) is 84.3 Å². The van der Waals surface area contributed by atoms with Gasteiger partial charge in [-0.05, 0) is 29.8 Å². The van der Waals surface area contributed by atoms with E-state index in [9.17, 15) is 14.4 Å². The molecule has 0 saturated heterocycles. The molecule has 2 heterocycles. The van der Waals surface area contributed by atoms with E-state index in [-0.39, 0.29) is 24.9 Å². The molecule has 0 saturated carbocycles. The minimum Gasteiger partial charge on any atom is -0.467 e. The molecule has 8 heteroatoms. The molecule has 0 fully saturated rings. The van der Waals surface area contributed by atoms with E-state index >= 15 is 0 Å². The van der Waals surface area contributed by atoms with Gasteiger partial charge in [0.1, 0.15) is 18.3 Å². The maximum Gasteiger partial charge on any atom is 0.323 e. The molecule has 4 rings (SSSR count). The quantitative estimate of drug-likeness (QED) is 0.573. The van der Waals surface area contributed by atoms with Gasteiger partial charge in [-0.2, -0.15) is 0 Å². The predicted molar refractivity (Wildman–Crippen MR) is 115 cm³/mol. The molecule has 3 N–H and O–H groups in total. The fourth-order valence-corrected chi connectivity index (χ4v) is 3.41. The molecule has 3 aromatic rings. The zero-order chi connectivity index (χ0) is 21.6. The predicted octanol–water partition coefficient (Wildman–Crippen LogP) is 2.68. The van der Waals surface area contributed by atoms with Crippen LogP contribution in [0.15, 0.2) is 77.4 Å². The summed E-state index contributed by atoms with van der Waals surface area (Å²) < 4.78 is 5.25. The van der Waals surface area contributed by atoms with Crippen LogP contribution in [0.4, 0.5) is 16.2 Å². The first-order valence-electron chi connectivity index (χ1n) is 9.91. The molecule has 1 aliphatic heterocycles. The fourth-order valence-electron chi connectivity index (χ4n) is 3.41. The summed E-state index contributed by atoms with van der Waals surface area (Å²) in [5, 5.41) is 8.33. The van der Waals surface area contributed by atoms with Gasteiger partial charge >= 0.3 is 6.03 Å². The van der Waals surface area contributed by atoms with Crippen LogP contribution in [0.5, 0.6) is 0 Å². The number of benzene rings is 2. The summed E-state index contributed by atoms with van der Waals surface area (Å²) in [5.74, 6) is -0.0288. The van der Waals surface area contributed by atoms with Crippen LogP contribution in [-0.4, -0.2) is 30.4 Å². The van der Waals surface area contributed by atoms with Crippen LogP contribution in [0, 0.1) is 0 Å². The highest BCUT2D eigenvalue weighted by molar-refractivity contribution is 6.10. The van der Waals surface area contributed by atoms with Crippen LogP contribution < -0.4 is 20.9 Å². The monoisotopic (exact) mass is 418 g/mol. The van der Waals surface area contributed by atoms with Crippen LogP contribution in [0.25, 0.3) is 0 Å². The molecule has 31 heavy (non-hydrogen) atoms. The number of rotatable bonds is 6. The van der Waals surface area contributed by atoms with Gasteiger partial charge in [0, 0.05) is 6.42 Å². The second kappa shape index (κ2) is 9.17. The highest BCUT2D eigenvalue weighted by Crippen LogP contribution is 2.28. The first-order chi connectivity index (χ1) is 15.1. The number of carbonyl (C=O) groups is 3. The van der Waals surface area contributed by atoms with Crippen molar-refractivity contribution in [1.29, 1.82) is 0 Å². The van der Waals surface area contributed by atoms with Crippen molar-refractivity contribution in [2.24, 2.45) is 0 Å². The number of amides is 4. The van der Waals surface area contributed by atoms with Crippen LogP contribution in [0.1, 0.15) is 11.3 Å². The Balaban J connectivity index is 1.51. The van der Waals surface area contributed by atoms with E-state index in [1.165, 1.54) is 11.2 Å². The van der Waals surface area contributed by atoms with E-state index < -0.39 is 12.1 Å². The van der Waals surface area contributed by atoms with Gasteiger partial charge in [-0.25, -0.2) is 4.79 Å². The smallest absolute Gasteiger partial charge is 0.323 e. The highest BCUT2D eigenvalue weighted by atomic mass is 16.3. The Morgan fingerprint density at radius 2 is 1.81 bits per heavy atom. The number of hydrogen-bond donors (Lipinski definition) is 3. The molecule has 1 aliphatic rings. The molecular weight excluding hydrogens is 396 g/mol. The minimum absolute atomic E-state index is 0.130. The average molecular weight is 418 g/mol. The first-order valence-corrected chi connectivity index (χ1v) is 9.91. The van der Waals surface area contributed by atoms with Crippen molar-refractivity contribution >= 4 is 29.2 Å². The highest BCUT2D eigenvalue weighted by Gasteiger charge is 2.30. The lowest BCUT2D eigenvalue weighted by molar-refractivity contribution is -0.123. The lowest BCUT2D eigenvalue weighted by Gasteiger charge is -2.30. The Kier molecular flexibility index (Phi) is 5.98. The SMILES string of the molecule is O=C1CN(C(=O)N[C@@H](Cc2ccccc2)C(=O)NCc2ccco2)c2ccccc2N1. The second-order valence-corrected chi connectivity index (χ2v) is 7.14. The van der Waals surface area contributed by atoms with Gasteiger partial charge in [0.05, 0.1) is 24.2 Å². The fraction of sp³-hybridized carbons (Fsp3) is 0.174. The van der Waals surface area contributed by atoms with Gasteiger partial charge < -0.3 is 20.4 Å². The van der Waals surface area contributed by atoms with Crippen LogP contribution >= 0.6 is 0 Å². The Morgan fingerprint density at radius 1 is 1.03 bits per heavy atom. The summed E-state index contributed by atoms with van der Waals surface area (Å²) in [4.78, 5) is 39.4. The number of anilines is 2. The van der Waals surface area contributed by atoms with Crippen molar-refractivity contribution in [2.45, 2.75) is 19.0 Å². The van der Waals surface area contributed by atoms with Crippen molar-refractivity contribution in [1.82, 2.24) is 10.6 Å². The van der Waals surface area contributed by atoms with Gasteiger partial charge in [-0.1, -0.05) is 42.5 Å². The molecule has 1 atom stereocenters. The molecule has 0 aliphatic carbocycles. The zero-order valence-corrected chi connectivity index (χ0v) is 16.7. The van der Waals surface area contributed by atoms with E-state index in [1.54, 1.807) is 36.4 Å². The third-order valence-corrected chi connectivity index (χ3v) is 4.93. The maximum atomic E-state index is 13.1. The lowest BCUT2D eigenvalue weighted by atomic mass is 10.1. The molecule has 0 spiro atoms. The molecule has 1 aromatic heterocycles. The standard InChI is InChI=1S/C23H22N4O4/c28-21-15-27(20-11-5-4-10-18(20)25-21)23(30)26-19(13-16-7-2-1-3-8-16)22(29)24-14-17-9-6-12-31-17/h1-12,19H,13-15H2,(H,24,29)(H,25,28)(H,26,30)/t19-/m0/s1. The zero-order valence-electron chi connectivity index (χ0n) is 16.7. The molecule has 2 aromatic carbocycles. The summed E-state index contributed by atoms with van der Waals surface area (Å²) in [6.07, 6.45) is 1.84. The van der Waals surface area contributed by atoms with Crippen molar-refractivity contribution in [2.75, 3.05) is 16.8 Å². The van der Waals surface area contributed by atoms with Crippen molar-refractivity contribution in [3.63, 3.8) is 0 Å². The number of carbonyl (C=O) groups excluding carboxylic acids is 3. The summed E-state index contributed by atoms with van der Waals surface area (Å²) >= 11 is 0. The molecule has 0 bridgehead atoms. The summed E-state index contributed by atoms with van der Waals surface area (Å²) in [6, 6.07) is 18.6. The van der Waals surface area contributed by atoms with Gasteiger partial charge in [-0.3, -0.25) is 14.5 Å². The molecule has 158 valence electrons. The number of fused-ring (bicyclic) bond motifs is 1. The summed E-state index contributed by atoms with van der Waals surface area (Å²) in [7, 11) is 0. The number of urea groups is 1. The summed E-state index contributed by atoms with van der Waals surface area (Å²) in [6.45, 7) is 0.0802. The van der Waals surface area contributed by atoms with E-state index in [1.807, 2.05) is 30.3 Å². The van der Waals surface area contributed by atoms with Gasteiger partial charge in [0.2, 0.25) is 11.8 Å². The maximum absolute atomic E-state index is 13.1. The molecule has 8 nitrogen and oxygen atoms in total. The van der Waals surface area contributed by atoms with E-state index in [2.05, 4.69) is 16.0 Å². The lowest BCUT2D eigenvalue weighted by Crippen LogP contribution is -2.54. The number of para-hydroxylation sites is 2. The minimum atomic E-state index is -0.831. The van der Waals surface area contributed by atoms with Gasteiger partial charge in [-0.15, -0.1) is 0 Å². The largest absolute Gasteiger partial charge is 0.467 e. The Bertz CT molecular complexity index is 1070. The molecule has 0 radical (unpaired) electrons. The Hall–Kier alpha value is -4.07. The third kappa shape index (κ3) is 4.92. The Morgan fingerprint density at radius 3 is 2.58 bits per heavy atom. The van der Waals surface area contributed by atoms with E-state index in [0.29, 0.717) is 23.6 Å². The van der Waals surface area contributed by atoms with Gasteiger partial charge in [0.25, 0.3) is 0 Å². The first kappa shape index (κ1) is 20.2. The van der Waals surface area contributed by atoms with Crippen LogP contribution in [0.3, 0.4) is 0 Å². The normalized spacial score (nSPS) is 13.7. The summed E-state index contributed by atoms with van der Waals surface area (Å²) in [5.41, 5.74) is 2.03. The molecule has 0 unspecified atom stereocenters. The average Bonchev–Trinajstić information content (AvgIpc) is 3.31. The van der Waals surface area contributed by atoms with Crippen LogP contribution in [0.2, 0.25) is 0 Å². The second-order valence-electron chi connectivity index (χ2n) is 7.14. The number of nitrogens with one attached hydrogen (secondary N) is 3. The van der Waals surface area contributed by atoms with E-state index in [4.69, 9.17) is 4.42 Å². The number of furan rings is 1. The van der Waals surface area contributed by atoms with E-state index in [0.717, 1.165) is 5.56 Å². The van der Waals surface area contributed by atoms with Crippen molar-refractivity contribution in [3.8, 4) is 0 Å². The third-order valence-electron chi connectivity index (χ3n) is 4.93. The van der Waals surface area contributed by atoms with Crippen LogP contribution in [-0.2, 0) is 22.6 Å².